The van der Waals surface area contributed by atoms with Gasteiger partial charge in [0.2, 0.25) is 17.6 Å². The van der Waals surface area contributed by atoms with Gasteiger partial charge in [0.05, 0.1) is 10.7 Å². The quantitative estimate of drug-likeness (QED) is 0.671. The monoisotopic (exact) mass is 427 g/mol. The summed E-state index contributed by atoms with van der Waals surface area (Å²) >= 11 is 5.95. The minimum Gasteiger partial charge on any atom is -0.332 e. The molecule has 1 N–H and O–H groups in total. The SMILES string of the molecule is O=C(CN1N=C(c2nc(-c3ccccc3)no2)CCC1=O)Nc1cc(F)ccc1Cl. The molecule has 8 nitrogen and oxygen atoms in total. The summed E-state index contributed by atoms with van der Waals surface area (Å²) < 4.78 is 18.6. The molecule has 0 saturated carbocycles. The number of carbonyl (C=O) groups excluding carboxylic acids is 2. The molecule has 2 aromatic carbocycles. The molecule has 3 aromatic rings. The maximum absolute atomic E-state index is 13.4. The van der Waals surface area contributed by atoms with Crippen LogP contribution in [-0.4, -0.2) is 39.2 Å². The second-order valence-electron chi connectivity index (χ2n) is 6.46. The zero-order valence-electron chi connectivity index (χ0n) is 15.5. The molecule has 1 aliphatic heterocycles. The van der Waals surface area contributed by atoms with E-state index >= 15 is 0 Å². The van der Waals surface area contributed by atoms with Gasteiger partial charge in [-0.1, -0.05) is 47.1 Å². The smallest absolute Gasteiger partial charge is 0.274 e. The lowest BCUT2D eigenvalue weighted by molar-refractivity contribution is -0.135. The summed E-state index contributed by atoms with van der Waals surface area (Å²) in [5.41, 5.74) is 1.30. The van der Waals surface area contributed by atoms with Crippen molar-refractivity contribution in [2.75, 3.05) is 11.9 Å². The Morgan fingerprint density at radius 2 is 2.00 bits per heavy atom. The Bertz CT molecular complexity index is 1130. The fourth-order valence-corrected chi connectivity index (χ4v) is 3.01. The Morgan fingerprint density at radius 3 is 2.80 bits per heavy atom. The molecule has 0 aliphatic carbocycles. The number of hydrogen-bond donors (Lipinski definition) is 1. The minimum absolute atomic E-state index is 0.111. The fraction of sp³-hybridized carbons (Fsp3) is 0.150. The standard InChI is InChI=1S/C20H15ClFN5O3/c21-14-7-6-13(22)10-16(14)23-17(28)11-27-18(29)9-8-15(25-27)20-24-19(26-30-20)12-4-2-1-3-5-12/h1-7,10H,8-9,11H2,(H,23,28). The van der Waals surface area contributed by atoms with Gasteiger partial charge >= 0.3 is 0 Å². The predicted octanol–water partition coefficient (Wildman–Crippen LogP) is 3.49. The van der Waals surface area contributed by atoms with Crippen molar-refractivity contribution in [2.24, 2.45) is 5.10 Å². The summed E-state index contributed by atoms with van der Waals surface area (Å²) in [6.45, 7) is -0.366. The lowest BCUT2D eigenvalue weighted by Crippen LogP contribution is -2.38. The Kier molecular flexibility index (Phi) is 5.53. The van der Waals surface area contributed by atoms with Crippen molar-refractivity contribution < 1.29 is 18.5 Å². The van der Waals surface area contributed by atoms with Gasteiger partial charge in [-0.15, -0.1) is 0 Å². The van der Waals surface area contributed by atoms with Crippen LogP contribution in [0, 0.1) is 5.82 Å². The first-order valence-corrected chi connectivity index (χ1v) is 9.39. The Morgan fingerprint density at radius 1 is 1.20 bits per heavy atom. The summed E-state index contributed by atoms with van der Waals surface area (Å²) in [6.07, 6.45) is 0.443. The van der Waals surface area contributed by atoms with Gasteiger partial charge in [0.25, 0.3) is 5.89 Å². The molecule has 10 heteroatoms. The van der Waals surface area contributed by atoms with E-state index in [0.29, 0.717) is 18.0 Å². The molecule has 152 valence electrons. The van der Waals surface area contributed by atoms with Crippen LogP contribution in [0.2, 0.25) is 5.02 Å². The number of rotatable bonds is 5. The van der Waals surface area contributed by atoms with Gasteiger partial charge in [-0.25, -0.2) is 9.40 Å². The van der Waals surface area contributed by atoms with Gasteiger partial charge in [-0.05, 0) is 18.2 Å². The molecular weight excluding hydrogens is 413 g/mol. The zero-order chi connectivity index (χ0) is 21.1. The number of halogens is 2. The first-order chi connectivity index (χ1) is 14.5. The Balaban J connectivity index is 1.49. The molecule has 2 amide bonds. The van der Waals surface area contributed by atoms with E-state index in [1.807, 2.05) is 30.3 Å². The molecule has 0 unspecified atom stereocenters. The number of nitrogens with zero attached hydrogens (tertiary/aromatic N) is 4. The molecule has 30 heavy (non-hydrogen) atoms. The minimum atomic E-state index is -0.573. The summed E-state index contributed by atoms with van der Waals surface area (Å²) in [6, 6.07) is 12.9. The number of carbonyl (C=O) groups is 2. The van der Waals surface area contributed by atoms with E-state index < -0.39 is 11.7 Å². The average Bonchev–Trinajstić information content (AvgIpc) is 3.23. The van der Waals surface area contributed by atoms with Crippen LogP contribution in [0.5, 0.6) is 0 Å². The third-order valence-electron chi connectivity index (χ3n) is 4.31. The van der Waals surface area contributed by atoms with Crippen molar-refractivity contribution in [1.82, 2.24) is 15.1 Å². The van der Waals surface area contributed by atoms with E-state index in [4.69, 9.17) is 16.1 Å². The molecule has 0 radical (unpaired) electrons. The highest BCUT2D eigenvalue weighted by Gasteiger charge is 2.26. The molecule has 0 fully saturated rings. The van der Waals surface area contributed by atoms with Gasteiger partial charge in [-0.3, -0.25) is 9.59 Å². The lowest BCUT2D eigenvalue weighted by Gasteiger charge is -2.21. The van der Waals surface area contributed by atoms with Crippen LogP contribution >= 0.6 is 11.6 Å². The number of benzene rings is 2. The molecule has 1 aliphatic rings. The predicted molar refractivity (Wildman–Crippen MR) is 107 cm³/mol. The summed E-state index contributed by atoms with van der Waals surface area (Å²) in [4.78, 5) is 28.8. The number of hydrazone groups is 1. The lowest BCUT2D eigenvalue weighted by atomic mass is 10.1. The molecule has 0 saturated heterocycles. The van der Waals surface area contributed by atoms with Crippen molar-refractivity contribution in [3.63, 3.8) is 0 Å². The van der Waals surface area contributed by atoms with Gasteiger partial charge < -0.3 is 9.84 Å². The molecule has 0 spiro atoms. The maximum atomic E-state index is 13.4. The Labute approximate surface area is 175 Å². The molecule has 0 bridgehead atoms. The van der Waals surface area contributed by atoms with Crippen LogP contribution in [-0.2, 0) is 9.59 Å². The van der Waals surface area contributed by atoms with Crippen molar-refractivity contribution in [2.45, 2.75) is 12.8 Å². The number of aromatic nitrogens is 2. The number of amides is 2. The van der Waals surface area contributed by atoms with Crippen LogP contribution in [0.15, 0.2) is 58.2 Å². The highest BCUT2D eigenvalue weighted by atomic mass is 35.5. The van der Waals surface area contributed by atoms with Gasteiger partial charge in [-0.2, -0.15) is 10.1 Å². The third kappa shape index (κ3) is 4.36. The van der Waals surface area contributed by atoms with E-state index in [9.17, 15) is 14.0 Å². The third-order valence-corrected chi connectivity index (χ3v) is 4.64. The van der Waals surface area contributed by atoms with E-state index in [0.717, 1.165) is 16.6 Å². The van der Waals surface area contributed by atoms with Crippen LogP contribution in [0.1, 0.15) is 18.7 Å². The van der Waals surface area contributed by atoms with Crippen molar-refractivity contribution in [3.05, 3.63) is 65.3 Å². The van der Waals surface area contributed by atoms with Crippen molar-refractivity contribution in [3.8, 4) is 11.4 Å². The van der Waals surface area contributed by atoms with Crippen LogP contribution in [0.4, 0.5) is 10.1 Å². The molecular formula is C20H15ClFN5O3. The van der Waals surface area contributed by atoms with E-state index in [-0.39, 0.29) is 35.5 Å². The normalized spacial score (nSPS) is 13.9. The highest BCUT2D eigenvalue weighted by Crippen LogP contribution is 2.23. The van der Waals surface area contributed by atoms with Crippen molar-refractivity contribution >= 4 is 34.8 Å². The summed E-state index contributed by atoms with van der Waals surface area (Å²) in [7, 11) is 0. The Hall–Kier alpha value is -3.59. The number of anilines is 1. The fourth-order valence-electron chi connectivity index (χ4n) is 2.84. The molecule has 2 heterocycles. The number of nitrogens with one attached hydrogen (secondary N) is 1. The van der Waals surface area contributed by atoms with Crippen LogP contribution < -0.4 is 5.32 Å². The topological polar surface area (TPSA) is 101 Å². The maximum Gasteiger partial charge on any atom is 0.274 e. The average molecular weight is 428 g/mol. The van der Waals surface area contributed by atoms with Crippen LogP contribution in [0.3, 0.4) is 0 Å². The molecule has 1 aromatic heterocycles. The summed E-state index contributed by atoms with van der Waals surface area (Å²) in [5, 5.41) is 11.8. The van der Waals surface area contributed by atoms with Crippen molar-refractivity contribution in [1.29, 1.82) is 0 Å². The van der Waals surface area contributed by atoms with Gasteiger partial charge in [0.15, 0.2) is 0 Å². The summed E-state index contributed by atoms with van der Waals surface area (Å²) in [5.74, 6) is -0.872. The molecule has 4 rings (SSSR count). The first-order valence-electron chi connectivity index (χ1n) is 9.02. The van der Waals surface area contributed by atoms with Crippen LogP contribution in [0.25, 0.3) is 11.4 Å². The zero-order valence-corrected chi connectivity index (χ0v) is 16.3. The van der Waals surface area contributed by atoms with E-state index in [1.165, 1.54) is 12.1 Å². The highest BCUT2D eigenvalue weighted by molar-refractivity contribution is 6.33. The largest absolute Gasteiger partial charge is 0.332 e. The second kappa shape index (κ2) is 8.42. The van der Waals surface area contributed by atoms with Gasteiger partial charge in [0, 0.05) is 18.4 Å². The van der Waals surface area contributed by atoms with E-state index in [2.05, 4.69) is 20.6 Å². The number of hydrogen-bond acceptors (Lipinski definition) is 6. The second-order valence-corrected chi connectivity index (χ2v) is 6.87. The molecule has 0 atom stereocenters. The van der Waals surface area contributed by atoms with Gasteiger partial charge in [0.1, 0.15) is 18.1 Å². The first kappa shape index (κ1) is 19.7. The van der Waals surface area contributed by atoms with E-state index in [1.54, 1.807) is 0 Å².